The first-order valence-corrected chi connectivity index (χ1v) is 8.78. The van der Waals surface area contributed by atoms with Crippen molar-refractivity contribution in [2.24, 2.45) is 0 Å². The fourth-order valence-corrected chi connectivity index (χ4v) is 3.45. The van der Waals surface area contributed by atoms with Crippen molar-refractivity contribution in [1.29, 1.82) is 0 Å². The number of aliphatic hydroxyl groups excluding tert-OH is 2. The summed E-state index contributed by atoms with van der Waals surface area (Å²) >= 11 is 6.38. The average molecular weight is 389 g/mol. The molecule has 1 amide bonds. The third kappa shape index (κ3) is 3.28. The van der Waals surface area contributed by atoms with Gasteiger partial charge in [0.15, 0.2) is 0 Å². The van der Waals surface area contributed by atoms with Gasteiger partial charge in [0.2, 0.25) is 0 Å². The zero-order valence-corrected chi connectivity index (χ0v) is 14.9. The number of benzene rings is 1. The van der Waals surface area contributed by atoms with Crippen LogP contribution in [0.2, 0.25) is 5.02 Å². The molecule has 9 heteroatoms. The van der Waals surface area contributed by atoms with Crippen LogP contribution in [0.5, 0.6) is 0 Å². The smallest absolute Gasteiger partial charge is 0.256 e. The Hall–Kier alpha value is -2.52. The number of amides is 1. The summed E-state index contributed by atoms with van der Waals surface area (Å²) in [4.78, 5) is 20.9. The van der Waals surface area contributed by atoms with Gasteiger partial charge in [-0.3, -0.25) is 4.79 Å². The normalized spacial score (nSPS) is 22.3. The largest absolute Gasteiger partial charge is 0.394 e. The van der Waals surface area contributed by atoms with Crippen LogP contribution in [0.15, 0.2) is 42.9 Å². The highest BCUT2D eigenvalue weighted by molar-refractivity contribution is 6.36. The van der Waals surface area contributed by atoms with Crippen LogP contribution in [0.4, 0.5) is 5.82 Å². The summed E-state index contributed by atoms with van der Waals surface area (Å²) in [5, 5.41) is 22.8. The van der Waals surface area contributed by atoms with Crippen molar-refractivity contribution in [3.05, 3.63) is 53.4 Å². The van der Waals surface area contributed by atoms with Gasteiger partial charge in [0.05, 0.1) is 23.1 Å². The second-order valence-corrected chi connectivity index (χ2v) is 6.65. The van der Waals surface area contributed by atoms with Gasteiger partial charge in [-0.25, -0.2) is 9.97 Å². The first kappa shape index (κ1) is 17.9. The molecule has 1 saturated heterocycles. The molecule has 3 aromatic rings. The van der Waals surface area contributed by atoms with E-state index in [1.165, 1.54) is 6.33 Å². The maximum Gasteiger partial charge on any atom is 0.256 e. The van der Waals surface area contributed by atoms with E-state index < -0.39 is 18.4 Å². The molecule has 3 atom stereocenters. The molecule has 1 fully saturated rings. The van der Waals surface area contributed by atoms with Gasteiger partial charge in [-0.15, -0.1) is 0 Å². The topological polar surface area (TPSA) is 110 Å². The number of carbonyl (C=O) groups is 1. The molecule has 1 aromatic carbocycles. The zero-order chi connectivity index (χ0) is 19.0. The van der Waals surface area contributed by atoms with Gasteiger partial charge in [0, 0.05) is 18.2 Å². The Morgan fingerprint density at radius 1 is 1.33 bits per heavy atom. The quantitative estimate of drug-likeness (QED) is 0.630. The molecule has 140 valence electrons. The van der Waals surface area contributed by atoms with E-state index in [0.717, 1.165) is 0 Å². The lowest BCUT2D eigenvalue weighted by atomic mass is 10.2. The van der Waals surface area contributed by atoms with E-state index in [9.17, 15) is 15.0 Å². The number of ether oxygens (including phenoxy) is 1. The molecule has 8 nitrogen and oxygen atoms in total. The molecule has 1 aliphatic rings. The fourth-order valence-electron chi connectivity index (χ4n) is 3.17. The molecule has 3 heterocycles. The number of anilines is 1. The Morgan fingerprint density at radius 3 is 2.81 bits per heavy atom. The van der Waals surface area contributed by atoms with Crippen molar-refractivity contribution >= 4 is 34.4 Å². The summed E-state index contributed by atoms with van der Waals surface area (Å²) < 4.78 is 7.35. The number of nitrogens with one attached hydrogen (secondary N) is 1. The summed E-state index contributed by atoms with van der Waals surface area (Å²) in [6, 6.07) is 8.77. The van der Waals surface area contributed by atoms with Crippen LogP contribution in [-0.2, 0) is 4.74 Å². The summed E-state index contributed by atoms with van der Waals surface area (Å²) in [6.07, 6.45) is 1.27. The SMILES string of the molecule is O=C(Nc1ncnc2c1c(Cl)cn2[C@@H]1C[C@H](O)[C@@H](CO)O1)c1ccccc1. The van der Waals surface area contributed by atoms with Crippen molar-refractivity contribution < 1.29 is 19.7 Å². The van der Waals surface area contributed by atoms with Crippen LogP contribution in [-0.4, -0.2) is 49.5 Å². The number of aromatic nitrogens is 3. The number of aliphatic hydroxyl groups is 2. The van der Waals surface area contributed by atoms with E-state index in [2.05, 4.69) is 15.3 Å². The van der Waals surface area contributed by atoms with Crippen molar-refractivity contribution in [3.8, 4) is 0 Å². The van der Waals surface area contributed by atoms with Gasteiger partial charge in [0.1, 0.15) is 30.1 Å². The van der Waals surface area contributed by atoms with E-state index >= 15 is 0 Å². The van der Waals surface area contributed by atoms with E-state index in [4.69, 9.17) is 16.3 Å². The Morgan fingerprint density at radius 2 is 2.11 bits per heavy atom. The van der Waals surface area contributed by atoms with Gasteiger partial charge in [-0.05, 0) is 12.1 Å². The molecule has 3 N–H and O–H groups in total. The van der Waals surface area contributed by atoms with Crippen molar-refractivity contribution in [2.45, 2.75) is 24.9 Å². The molecule has 4 rings (SSSR count). The minimum Gasteiger partial charge on any atom is -0.394 e. The van der Waals surface area contributed by atoms with E-state index in [-0.39, 0.29) is 18.3 Å². The minimum atomic E-state index is -0.782. The lowest BCUT2D eigenvalue weighted by Crippen LogP contribution is -2.24. The van der Waals surface area contributed by atoms with Gasteiger partial charge >= 0.3 is 0 Å². The first-order valence-electron chi connectivity index (χ1n) is 8.40. The van der Waals surface area contributed by atoms with Gasteiger partial charge < -0.3 is 24.8 Å². The third-order valence-electron chi connectivity index (χ3n) is 4.53. The molecule has 0 spiro atoms. The van der Waals surface area contributed by atoms with Gasteiger partial charge in [-0.1, -0.05) is 29.8 Å². The molecule has 0 aliphatic carbocycles. The van der Waals surface area contributed by atoms with Crippen molar-refractivity contribution in [3.63, 3.8) is 0 Å². The van der Waals surface area contributed by atoms with Gasteiger partial charge in [-0.2, -0.15) is 0 Å². The van der Waals surface area contributed by atoms with Crippen LogP contribution in [0.1, 0.15) is 23.0 Å². The molecule has 1 aliphatic heterocycles. The highest BCUT2D eigenvalue weighted by Crippen LogP contribution is 2.36. The molecule has 0 bridgehead atoms. The number of fused-ring (bicyclic) bond motifs is 1. The lowest BCUT2D eigenvalue weighted by molar-refractivity contribution is -0.0430. The third-order valence-corrected chi connectivity index (χ3v) is 4.81. The summed E-state index contributed by atoms with van der Waals surface area (Å²) in [5.74, 6) is -0.0258. The number of hydrogen-bond acceptors (Lipinski definition) is 6. The van der Waals surface area contributed by atoms with E-state index in [1.807, 2.05) is 6.07 Å². The molecule has 0 saturated carbocycles. The number of hydrogen-bond donors (Lipinski definition) is 3. The Labute approximate surface area is 159 Å². The lowest BCUT2D eigenvalue weighted by Gasteiger charge is -2.14. The number of rotatable bonds is 4. The Bertz CT molecular complexity index is 978. The maximum atomic E-state index is 12.4. The predicted octanol–water partition coefficient (Wildman–Crippen LogP) is 1.98. The highest BCUT2D eigenvalue weighted by Gasteiger charge is 2.35. The van der Waals surface area contributed by atoms with Crippen LogP contribution in [0, 0.1) is 0 Å². The molecular formula is C18H17ClN4O4. The van der Waals surface area contributed by atoms with Crippen LogP contribution < -0.4 is 5.32 Å². The molecule has 27 heavy (non-hydrogen) atoms. The van der Waals surface area contributed by atoms with Crippen molar-refractivity contribution in [1.82, 2.24) is 14.5 Å². The summed E-state index contributed by atoms with van der Waals surface area (Å²) in [7, 11) is 0. The van der Waals surface area contributed by atoms with Crippen LogP contribution in [0.3, 0.4) is 0 Å². The Balaban J connectivity index is 1.68. The molecule has 2 aromatic heterocycles. The van der Waals surface area contributed by atoms with Gasteiger partial charge in [0.25, 0.3) is 5.91 Å². The maximum absolute atomic E-state index is 12.4. The predicted molar refractivity (Wildman–Crippen MR) is 98.6 cm³/mol. The minimum absolute atomic E-state index is 0.280. The Kier molecular flexibility index (Phi) is 4.79. The number of carbonyl (C=O) groups excluding carboxylic acids is 1. The van der Waals surface area contributed by atoms with Crippen molar-refractivity contribution in [2.75, 3.05) is 11.9 Å². The second-order valence-electron chi connectivity index (χ2n) is 6.24. The van der Waals surface area contributed by atoms with Crippen LogP contribution >= 0.6 is 11.6 Å². The first-order chi connectivity index (χ1) is 13.1. The number of nitrogens with zero attached hydrogens (tertiary/aromatic N) is 3. The highest BCUT2D eigenvalue weighted by atomic mass is 35.5. The van der Waals surface area contributed by atoms with Crippen LogP contribution in [0.25, 0.3) is 11.0 Å². The summed E-state index contributed by atoms with van der Waals surface area (Å²) in [5.41, 5.74) is 0.960. The standard InChI is InChI=1S/C18H17ClN4O4/c19-11-7-23(14-6-12(25)13(8-24)27-14)17-15(11)16(20-9-21-17)22-18(26)10-4-2-1-3-5-10/h1-5,7,9,12-14,24-25H,6,8H2,(H,20,21,22,26)/t12-,13+,14-/m0/s1. The zero-order valence-electron chi connectivity index (χ0n) is 14.1. The molecule has 0 radical (unpaired) electrons. The van der Waals surface area contributed by atoms with E-state index in [1.54, 1.807) is 35.0 Å². The molecule has 0 unspecified atom stereocenters. The van der Waals surface area contributed by atoms with E-state index in [0.29, 0.717) is 28.0 Å². The fraction of sp³-hybridized carbons (Fsp3) is 0.278. The summed E-state index contributed by atoms with van der Waals surface area (Å²) in [6.45, 7) is -0.280. The number of halogens is 1. The molecular weight excluding hydrogens is 372 g/mol. The second kappa shape index (κ2) is 7.24. The average Bonchev–Trinajstić information content (AvgIpc) is 3.23. The monoisotopic (exact) mass is 388 g/mol.